The van der Waals surface area contributed by atoms with Crippen molar-refractivity contribution in [1.82, 2.24) is 4.90 Å². The van der Waals surface area contributed by atoms with Crippen LogP contribution in [0.3, 0.4) is 0 Å². The first-order valence-electron chi connectivity index (χ1n) is 3.26. The highest BCUT2D eigenvalue weighted by molar-refractivity contribution is 5.80. The van der Waals surface area contributed by atoms with Gasteiger partial charge in [-0.15, -0.1) is 0 Å². The minimum atomic E-state index is 0.236. The SMILES string of the molecule is CN(C)C(=O)C1[CH]CC1. The average Bonchev–Trinajstić information content (AvgIpc) is 1.60. The Labute approximate surface area is 55.8 Å². The first-order chi connectivity index (χ1) is 4.22. The Balaban J connectivity index is 2.32. The predicted octanol–water partition coefficient (Wildman–Crippen LogP) is 0.689. The van der Waals surface area contributed by atoms with Gasteiger partial charge in [0.2, 0.25) is 5.91 Å². The molecule has 0 bridgehead atoms. The molecule has 2 nitrogen and oxygen atoms in total. The molecule has 1 atom stereocenters. The van der Waals surface area contributed by atoms with E-state index in [9.17, 15) is 4.79 Å². The van der Waals surface area contributed by atoms with Crippen LogP contribution in [0.4, 0.5) is 0 Å². The molecule has 0 aliphatic heterocycles. The Morgan fingerprint density at radius 3 is 2.33 bits per heavy atom. The zero-order chi connectivity index (χ0) is 6.85. The summed E-state index contributed by atoms with van der Waals surface area (Å²) in [7, 11) is 3.60. The van der Waals surface area contributed by atoms with Crippen molar-refractivity contribution >= 4 is 5.91 Å². The lowest BCUT2D eigenvalue weighted by atomic mass is 9.84. The van der Waals surface area contributed by atoms with E-state index in [0.717, 1.165) is 12.8 Å². The highest BCUT2D eigenvalue weighted by atomic mass is 16.2. The molecular formula is C7H12NO. The molecule has 0 aromatic carbocycles. The second-order valence-corrected chi connectivity index (χ2v) is 2.65. The Morgan fingerprint density at radius 2 is 2.22 bits per heavy atom. The van der Waals surface area contributed by atoms with Crippen LogP contribution < -0.4 is 0 Å². The third kappa shape index (κ3) is 1.23. The number of nitrogens with zero attached hydrogens (tertiary/aromatic N) is 1. The Hall–Kier alpha value is -0.530. The van der Waals surface area contributed by atoms with Gasteiger partial charge in [0.25, 0.3) is 0 Å². The van der Waals surface area contributed by atoms with Gasteiger partial charge >= 0.3 is 0 Å². The van der Waals surface area contributed by atoms with Crippen molar-refractivity contribution in [3.05, 3.63) is 6.42 Å². The molecule has 1 unspecified atom stereocenters. The fraction of sp³-hybridized carbons (Fsp3) is 0.714. The van der Waals surface area contributed by atoms with E-state index in [4.69, 9.17) is 0 Å². The summed E-state index contributed by atoms with van der Waals surface area (Å²) in [6.45, 7) is 0. The van der Waals surface area contributed by atoms with E-state index >= 15 is 0 Å². The van der Waals surface area contributed by atoms with Crippen molar-refractivity contribution in [2.24, 2.45) is 5.92 Å². The minimum Gasteiger partial charge on any atom is -0.349 e. The molecule has 9 heavy (non-hydrogen) atoms. The molecule has 1 aliphatic carbocycles. The van der Waals surface area contributed by atoms with Crippen molar-refractivity contribution in [3.63, 3.8) is 0 Å². The van der Waals surface area contributed by atoms with Gasteiger partial charge in [0.05, 0.1) is 0 Å². The quantitative estimate of drug-likeness (QED) is 0.506. The maximum atomic E-state index is 11.0. The first-order valence-corrected chi connectivity index (χ1v) is 3.26. The number of amides is 1. The number of rotatable bonds is 1. The molecule has 1 aliphatic rings. The summed E-state index contributed by atoms with van der Waals surface area (Å²) in [5, 5.41) is 0. The molecule has 51 valence electrons. The van der Waals surface area contributed by atoms with Crippen LogP contribution in [0.5, 0.6) is 0 Å². The van der Waals surface area contributed by atoms with Crippen LogP contribution in [0.25, 0.3) is 0 Å². The standard InChI is InChI=1S/C7H12NO/c1-8(2)7(9)6-4-3-5-6/h4,6H,3,5H2,1-2H3. The number of hydrogen-bond donors (Lipinski definition) is 0. The van der Waals surface area contributed by atoms with Gasteiger partial charge in [-0.2, -0.15) is 0 Å². The summed E-state index contributed by atoms with van der Waals surface area (Å²) >= 11 is 0. The number of carbonyl (C=O) groups excluding carboxylic acids is 1. The van der Waals surface area contributed by atoms with Crippen LogP contribution in [-0.2, 0) is 4.79 Å². The second-order valence-electron chi connectivity index (χ2n) is 2.65. The predicted molar refractivity (Wildman–Crippen MR) is 35.7 cm³/mol. The van der Waals surface area contributed by atoms with Crippen LogP contribution >= 0.6 is 0 Å². The lowest BCUT2D eigenvalue weighted by molar-refractivity contribution is -0.133. The summed E-state index contributed by atoms with van der Waals surface area (Å²) in [5.74, 6) is 0.487. The van der Waals surface area contributed by atoms with E-state index in [2.05, 4.69) is 6.42 Å². The van der Waals surface area contributed by atoms with Gasteiger partial charge in [0.1, 0.15) is 0 Å². The van der Waals surface area contributed by atoms with Crippen molar-refractivity contribution in [2.45, 2.75) is 12.8 Å². The fourth-order valence-corrected chi connectivity index (χ4v) is 0.889. The zero-order valence-electron chi connectivity index (χ0n) is 5.92. The van der Waals surface area contributed by atoms with Crippen LogP contribution in [-0.4, -0.2) is 24.9 Å². The Bertz CT molecular complexity index is 116. The Morgan fingerprint density at radius 1 is 1.67 bits per heavy atom. The van der Waals surface area contributed by atoms with Gasteiger partial charge in [-0.3, -0.25) is 4.79 Å². The van der Waals surface area contributed by atoms with Gasteiger partial charge in [0.15, 0.2) is 0 Å². The molecule has 1 amide bonds. The van der Waals surface area contributed by atoms with Crippen LogP contribution in [0.1, 0.15) is 12.8 Å². The second kappa shape index (κ2) is 2.38. The van der Waals surface area contributed by atoms with Gasteiger partial charge in [-0.25, -0.2) is 0 Å². The van der Waals surface area contributed by atoms with Crippen molar-refractivity contribution in [2.75, 3.05) is 14.1 Å². The number of carbonyl (C=O) groups is 1. The smallest absolute Gasteiger partial charge is 0.225 e. The van der Waals surface area contributed by atoms with Gasteiger partial charge in [-0.05, 0) is 19.3 Å². The lowest BCUT2D eigenvalue weighted by Crippen LogP contribution is -2.33. The topological polar surface area (TPSA) is 20.3 Å². The molecule has 1 fully saturated rings. The molecule has 1 radical (unpaired) electrons. The maximum Gasteiger partial charge on any atom is 0.225 e. The van der Waals surface area contributed by atoms with E-state index in [1.165, 1.54) is 0 Å². The van der Waals surface area contributed by atoms with E-state index in [0.29, 0.717) is 0 Å². The van der Waals surface area contributed by atoms with Gasteiger partial charge in [0, 0.05) is 20.0 Å². The Kier molecular flexibility index (Phi) is 1.74. The molecule has 0 spiro atoms. The highest BCUT2D eigenvalue weighted by Gasteiger charge is 2.26. The average molecular weight is 126 g/mol. The van der Waals surface area contributed by atoms with Gasteiger partial charge in [-0.1, -0.05) is 0 Å². The molecule has 0 heterocycles. The molecule has 0 N–H and O–H groups in total. The van der Waals surface area contributed by atoms with E-state index in [-0.39, 0.29) is 11.8 Å². The summed E-state index contributed by atoms with van der Waals surface area (Å²) in [5.41, 5.74) is 0. The van der Waals surface area contributed by atoms with E-state index in [1.54, 1.807) is 19.0 Å². The lowest BCUT2D eigenvalue weighted by Gasteiger charge is -2.26. The molecular weight excluding hydrogens is 114 g/mol. The minimum absolute atomic E-state index is 0.236. The first kappa shape index (κ1) is 6.59. The van der Waals surface area contributed by atoms with Crippen molar-refractivity contribution in [1.29, 1.82) is 0 Å². The van der Waals surface area contributed by atoms with Crippen LogP contribution in [0.15, 0.2) is 0 Å². The van der Waals surface area contributed by atoms with Crippen molar-refractivity contribution < 1.29 is 4.79 Å². The third-order valence-electron chi connectivity index (χ3n) is 1.69. The van der Waals surface area contributed by atoms with Gasteiger partial charge < -0.3 is 4.90 Å². The van der Waals surface area contributed by atoms with Crippen LogP contribution in [0, 0.1) is 12.3 Å². The molecule has 1 rings (SSSR count). The molecule has 0 aromatic rings. The number of hydrogen-bond acceptors (Lipinski definition) is 1. The normalized spacial score (nSPS) is 18.9. The van der Waals surface area contributed by atoms with Crippen molar-refractivity contribution in [3.8, 4) is 0 Å². The largest absolute Gasteiger partial charge is 0.349 e. The van der Waals surface area contributed by atoms with E-state index in [1.807, 2.05) is 0 Å². The summed E-state index contributed by atoms with van der Waals surface area (Å²) < 4.78 is 0. The molecule has 1 saturated carbocycles. The third-order valence-corrected chi connectivity index (χ3v) is 1.69. The summed E-state index contributed by atoms with van der Waals surface area (Å²) in [6.07, 6.45) is 4.24. The molecule has 0 saturated heterocycles. The molecule has 2 heteroatoms. The molecule has 0 aromatic heterocycles. The summed E-state index contributed by atoms with van der Waals surface area (Å²) in [4.78, 5) is 12.7. The zero-order valence-corrected chi connectivity index (χ0v) is 5.92. The maximum absolute atomic E-state index is 11.0. The van der Waals surface area contributed by atoms with Crippen LogP contribution in [0.2, 0.25) is 0 Å². The highest BCUT2D eigenvalue weighted by Crippen LogP contribution is 2.26. The van der Waals surface area contributed by atoms with E-state index < -0.39 is 0 Å². The fourth-order valence-electron chi connectivity index (χ4n) is 0.889. The monoisotopic (exact) mass is 126 g/mol. The summed E-state index contributed by atoms with van der Waals surface area (Å²) in [6, 6.07) is 0.